The van der Waals surface area contributed by atoms with Gasteiger partial charge in [-0.2, -0.15) is 0 Å². The Morgan fingerprint density at radius 2 is 0.873 bits per heavy atom. The van der Waals surface area contributed by atoms with Crippen LogP contribution < -0.4 is 0 Å². The van der Waals surface area contributed by atoms with Crippen molar-refractivity contribution >= 4 is 76.8 Å². The van der Waals surface area contributed by atoms with Crippen LogP contribution in [0.25, 0.3) is 103 Å². The first-order chi connectivity index (χ1) is 27.2. The summed E-state index contributed by atoms with van der Waals surface area (Å²) in [7, 11) is 0. The molecule has 0 spiro atoms. The van der Waals surface area contributed by atoms with Crippen molar-refractivity contribution in [3.63, 3.8) is 0 Å². The maximum Gasteiger partial charge on any atom is 0.211 e. The number of fused-ring (bicyclic) bond motifs is 9. The molecule has 0 fully saturated rings. The molecule has 0 amide bonds. The lowest BCUT2D eigenvalue weighted by Crippen LogP contribution is -2.01. The van der Waals surface area contributed by atoms with Gasteiger partial charge in [-0.3, -0.25) is 0 Å². The number of nitrogens with zero attached hydrogens (tertiary/aromatic N) is 5. The standard InChI is InChI=1S/C50H29N5/c1-51-32-26-28-39-36-16-5-12-25-47(36)55(49(39)30-32)50-40(19-13-20-42(50)52-2)37-17-6-10-23-45(37)54-46-24-11-7-18-38(46)41-31-33(27-29-48(41)54)53-43-21-8-3-14-34(43)35-15-4-9-22-44(35)53/h3-31H. The molecule has 55 heavy (non-hydrogen) atoms. The monoisotopic (exact) mass is 699 g/mol. The van der Waals surface area contributed by atoms with Gasteiger partial charge in [-0.25, -0.2) is 9.69 Å². The maximum absolute atomic E-state index is 8.39. The third-order valence-corrected chi connectivity index (χ3v) is 11.1. The molecule has 254 valence electrons. The first kappa shape index (κ1) is 30.7. The Hall–Kier alpha value is -7.86. The minimum absolute atomic E-state index is 0.543. The lowest BCUT2D eigenvalue weighted by Gasteiger charge is -2.20. The lowest BCUT2D eigenvalue weighted by molar-refractivity contribution is 1.16. The highest BCUT2D eigenvalue weighted by Gasteiger charge is 2.23. The first-order valence-corrected chi connectivity index (χ1v) is 18.3. The Morgan fingerprint density at radius 1 is 0.345 bits per heavy atom. The summed E-state index contributed by atoms with van der Waals surface area (Å²) < 4.78 is 6.92. The molecule has 0 unspecified atom stereocenters. The Morgan fingerprint density at radius 3 is 1.53 bits per heavy atom. The lowest BCUT2D eigenvalue weighted by atomic mass is 9.99. The SMILES string of the molecule is [C-]#[N+]c1ccc2c3ccccc3n(-c3c([N+]#[C-])cccc3-c3ccccc3-n3c4ccccc4c4cc(-n5c6ccccc6c6ccccc65)ccc43)c2c1. The fraction of sp³-hybridized carbons (Fsp3) is 0. The average Bonchev–Trinajstić information content (AvgIpc) is 3.88. The number of benzene rings is 8. The smallest absolute Gasteiger partial charge is 0.211 e. The van der Waals surface area contributed by atoms with Crippen LogP contribution in [0.2, 0.25) is 0 Å². The fourth-order valence-corrected chi connectivity index (χ4v) is 8.80. The zero-order valence-electron chi connectivity index (χ0n) is 29.5. The van der Waals surface area contributed by atoms with E-state index in [1.807, 2.05) is 42.5 Å². The van der Waals surface area contributed by atoms with Gasteiger partial charge < -0.3 is 13.7 Å². The van der Waals surface area contributed by atoms with Crippen molar-refractivity contribution in [3.8, 4) is 28.2 Å². The molecule has 5 heteroatoms. The number of hydrogen-bond acceptors (Lipinski definition) is 0. The van der Waals surface area contributed by atoms with Crippen LogP contribution in [-0.2, 0) is 0 Å². The van der Waals surface area contributed by atoms with Gasteiger partial charge in [0.2, 0.25) is 5.69 Å². The second kappa shape index (κ2) is 11.8. The second-order valence-electron chi connectivity index (χ2n) is 13.9. The summed E-state index contributed by atoms with van der Waals surface area (Å²) in [6.45, 7) is 16.2. The Balaban J connectivity index is 1.19. The molecule has 0 aliphatic carbocycles. The van der Waals surface area contributed by atoms with Gasteiger partial charge in [-0.15, -0.1) is 0 Å². The number of para-hydroxylation sites is 6. The molecule has 0 saturated carbocycles. The van der Waals surface area contributed by atoms with Crippen molar-refractivity contribution in [2.24, 2.45) is 0 Å². The highest BCUT2D eigenvalue weighted by atomic mass is 15.0. The van der Waals surface area contributed by atoms with E-state index in [9.17, 15) is 0 Å². The topological polar surface area (TPSA) is 23.5 Å². The zero-order chi connectivity index (χ0) is 36.6. The predicted octanol–water partition coefficient (Wildman–Crippen LogP) is 13.7. The van der Waals surface area contributed by atoms with Gasteiger partial charge in [0, 0.05) is 49.1 Å². The first-order valence-electron chi connectivity index (χ1n) is 18.3. The Bertz CT molecular complexity index is 3420. The second-order valence-corrected chi connectivity index (χ2v) is 13.9. The molecule has 8 aromatic carbocycles. The van der Waals surface area contributed by atoms with Crippen molar-refractivity contribution < 1.29 is 0 Å². The Labute approximate surface area is 316 Å². The molecule has 0 N–H and O–H groups in total. The normalized spacial score (nSPS) is 11.6. The molecular formula is C50H29N5. The molecule has 0 bridgehead atoms. The number of hydrogen-bond donors (Lipinski definition) is 0. The van der Waals surface area contributed by atoms with E-state index in [4.69, 9.17) is 13.1 Å². The third kappa shape index (κ3) is 4.39. The molecule has 3 heterocycles. The summed E-state index contributed by atoms with van der Waals surface area (Å²) in [5.41, 5.74) is 12.4. The Kier molecular flexibility index (Phi) is 6.61. The minimum atomic E-state index is 0.543. The van der Waals surface area contributed by atoms with Gasteiger partial charge in [-0.1, -0.05) is 121 Å². The zero-order valence-corrected chi connectivity index (χ0v) is 29.5. The van der Waals surface area contributed by atoms with Crippen LogP contribution in [0.5, 0.6) is 0 Å². The van der Waals surface area contributed by atoms with Crippen LogP contribution in [0.15, 0.2) is 176 Å². The molecule has 0 atom stereocenters. The highest BCUT2D eigenvalue weighted by Crippen LogP contribution is 2.45. The van der Waals surface area contributed by atoms with Gasteiger partial charge in [0.05, 0.1) is 52.1 Å². The molecule has 11 rings (SSSR count). The summed E-state index contributed by atoms with van der Waals surface area (Å²) in [6.07, 6.45) is 0. The summed E-state index contributed by atoms with van der Waals surface area (Å²) in [5.74, 6) is 0. The van der Waals surface area contributed by atoms with Crippen molar-refractivity contribution in [1.82, 2.24) is 13.7 Å². The predicted molar refractivity (Wildman–Crippen MR) is 227 cm³/mol. The molecule has 11 aromatic rings. The van der Waals surface area contributed by atoms with E-state index in [2.05, 4.69) is 157 Å². The van der Waals surface area contributed by atoms with Gasteiger partial charge in [-0.05, 0) is 60.2 Å². The molecule has 0 aliphatic rings. The molecule has 0 saturated heterocycles. The van der Waals surface area contributed by atoms with Gasteiger partial charge in [0.25, 0.3) is 0 Å². The number of rotatable bonds is 4. The van der Waals surface area contributed by atoms with E-state index in [1.165, 1.54) is 27.2 Å². The quantitative estimate of drug-likeness (QED) is 0.163. The molecule has 0 aliphatic heterocycles. The molecule has 0 radical (unpaired) electrons. The van der Waals surface area contributed by atoms with Crippen molar-refractivity contribution in [3.05, 3.63) is 199 Å². The number of aromatic nitrogens is 3. The van der Waals surface area contributed by atoms with Crippen LogP contribution >= 0.6 is 0 Å². The van der Waals surface area contributed by atoms with Crippen molar-refractivity contribution in [2.45, 2.75) is 0 Å². The summed E-state index contributed by atoms with van der Waals surface area (Å²) in [4.78, 5) is 7.88. The maximum atomic E-state index is 8.39. The molecular weight excluding hydrogens is 671 g/mol. The van der Waals surface area contributed by atoms with Gasteiger partial charge in [0.1, 0.15) is 0 Å². The van der Waals surface area contributed by atoms with E-state index < -0.39 is 0 Å². The largest absolute Gasteiger partial charge is 0.320 e. The minimum Gasteiger partial charge on any atom is -0.320 e. The van der Waals surface area contributed by atoms with Crippen LogP contribution in [0, 0.1) is 13.1 Å². The average molecular weight is 700 g/mol. The van der Waals surface area contributed by atoms with E-state index >= 15 is 0 Å². The fourth-order valence-electron chi connectivity index (χ4n) is 8.80. The van der Waals surface area contributed by atoms with Crippen molar-refractivity contribution in [2.75, 3.05) is 0 Å². The van der Waals surface area contributed by atoms with Gasteiger partial charge >= 0.3 is 0 Å². The van der Waals surface area contributed by atoms with Gasteiger partial charge in [0.15, 0.2) is 5.69 Å². The molecule has 3 aromatic heterocycles. The van der Waals surface area contributed by atoms with E-state index in [0.717, 1.165) is 66.4 Å². The van der Waals surface area contributed by atoms with Crippen LogP contribution in [0.1, 0.15) is 0 Å². The van der Waals surface area contributed by atoms with Crippen LogP contribution in [0.3, 0.4) is 0 Å². The van der Waals surface area contributed by atoms with Crippen LogP contribution in [0.4, 0.5) is 11.4 Å². The summed E-state index contributed by atoms with van der Waals surface area (Å²) in [5, 5.41) is 6.92. The van der Waals surface area contributed by atoms with Crippen molar-refractivity contribution in [1.29, 1.82) is 0 Å². The van der Waals surface area contributed by atoms with E-state index in [1.54, 1.807) is 0 Å². The van der Waals surface area contributed by atoms with E-state index in [-0.39, 0.29) is 0 Å². The molecule has 5 nitrogen and oxygen atoms in total. The highest BCUT2D eigenvalue weighted by molar-refractivity contribution is 6.14. The third-order valence-electron chi connectivity index (χ3n) is 11.1. The summed E-state index contributed by atoms with van der Waals surface area (Å²) >= 11 is 0. The van der Waals surface area contributed by atoms with Crippen LogP contribution in [-0.4, -0.2) is 13.7 Å². The summed E-state index contributed by atoms with van der Waals surface area (Å²) in [6, 6.07) is 61.3. The van der Waals surface area contributed by atoms with E-state index in [0.29, 0.717) is 11.4 Å².